The van der Waals surface area contributed by atoms with Gasteiger partial charge in [-0.05, 0) is 30.3 Å². The van der Waals surface area contributed by atoms with Crippen LogP contribution in [0.5, 0.6) is 0 Å². The number of rotatable bonds is 5. The molecule has 0 saturated heterocycles. The first-order chi connectivity index (χ1) is 9.69. The summed E-state index contributed by atoms with van der Waals surface area (Å²) in [4.78, 5) is 16.1. The first-order valence-electron chi connectivity index (χ1n) is 6.07. The third kappa shape index (κ3) is 3.83. The molecule has 0 fully saturated rings. The number of halogens is 1. The van der Waals surface area contributed by atoms with Crippen molar-refractivity contribution in [2.75, 3.05) is 17.2 Å². The summed E-state index contributed by atoms with van der Waals surface area (Å²) < 4.78 is 0. The highest BCUT2D eigenvalue weighted by Crippen LogP contribution is 2.13. The second-order valence-corrected chi connectivity index (χ2v) is 4.50. The molecule has 0 aliphatic rings. The normalized spacial score (nSPS) is 9.85. The number of aromatic nitrogens is 1. The zero-order valence-electron chi connectivity index (χ0n) is 10.8. The van der Waals surface area contributed by atoms with Crippen LogP contribution in [-0.4, -0.2) is 17.4 Å². The number of hydrogen-bond donors (Lipinski definition) is 2. The van der Waals surface area contributed by atoms with E-state index in [1.807, 2.05) is 6.07 Å². The molecule has 102 valence electrons. The maximum absolute atomic E-state index is 12.0. The Morgan fingerprint density at radius 1 is 1.35 bits per heavy atom. The fourth-order valence-corrected chi connectivity index (χ4v) is 1.77. The van der Waals surface area contributed by atoms with Gasteiger partial charge >= 0.3 is 0 Å². The van der Waals surface area contributed by atoms with Gasteiger partial charge < -0.3 is 10.6 Å². The molecule has 1 amide bonds. The van der Waals surface area contributed by atoms with Gasteiger partial charge in [0, 0.05) is 17.1 Å². The Bertz CT molecular complexity index is 611. The number of benzene rings is 1. The molecular formula is C15H14ClN3O. The van der Waals surface area contributed by atoms with Crippen molar-refractivity contribution in [2.24, 2.45) is 0 Å². The van der Waals surface area contributed by atoms with Gasteiger partial charge in [-0.2, -0.15) is 0 Å². The van der Waals surface area contributed by atoms with Crippen molar-refractivity contribution in [2.45, 2.75) is 0 Å². The zero-order valence-corrected chi connectivity index (χ0v) is 11.5. The fourth-order valence-electron chi connectivity index (χ4n) is 1.58. The molecule has 1 aromatic heterocycles. The van der Waals surface area contributed by atoms with Crippen LogP contribution < -0.4 is 10.6 Å². The molecule has 0 atom stereocenters. The van der Waals surface area contributed by atoms with E-state index in [1.54, 1.807) is 42.6 Å². The van der Waals surface area contributed by atoms with Crippen molar-refractivity contribution in [3.8, 4) is 0 Å². The minimum absolute atomic E-state index is 0.244. The van der Waals surface area contributed by atoms with E-state index in [-0.39, 0.29) is 5.91 Å². The monoisotopic (exact) mass is 287 g/mol. The average Bonchev–Trinajstić information content (AvgIpc) is 2.46. The van der Waals surface area contributed by atoms with Crippen LogP contribution in [0.15, 0.2) is 55.3 Å². The summed E-state index contributed by atoms with van der Waals surface area (Å²) in [5, 5.41) is 6.34. The molecule has 0 unspecified atom stereocenters. The van der Waals surface area contributed by atoms with Crippen molar-refractivity contribution in [3.05, 3.63) is 65.8 Å². The second kappa shape index (κ2) is 6.73. The van der Waals surface area contributed by atoms with Crippen LogP contribution in [-0.2, 0) is 0 Å². The van der Waals surface area contributed by atoms with E-state index in [4.69, 9.17) is 11.6 Å². The molecule has 2 aromatic rings. The van der Waals surface area contributed by atoms with Gasteiger partial charge in [-0.25, -0.2) is 4.98 Å². The molecular weight excluding hydrogens is 274 g/mol. The first-order valence-corrected chi connectivity index (χ1v) is 6.44. The van der Waals surface area contributed by atoms with Crippen LogP contribution in [0, 0.1) is 0 Å². The van der Waals surface area contributed by atoms with Crippen LogP contribution in [0.3, 0.4) is 0 Å². The Morgan fingerprint density at radius 2 is 2.20 bits per heavy atom. The average molecular weight is 288 g/mol. The number of anilines is 2. The fraction of sp³-hybridized carbons (Fsp3) is 0.0667. The Morgan fingerprint density at radius 3 is 2.85 bits per heavy atom. The molecule has 1 aromatic carbocycles. The first kappa shape index (κ1) is 14.1. The summed E-state index contributed by atoms with van der Waals surface area (Å²) in [6, 6.07) is 10.3. The number of pyridine rings is 1. The number of carbonyl (C=O) groups excluding carboxylic acids is 1. The van der Waals surface area contributed by atoms with Crippen molar-refractivity contribution >= 4 is 29.0 Å². The van der Waals surface area contributed by atoms with Crippen LogP contribution >= 0.6 is 11.6 Å². The highest BCUT2D eigenvalue weighted by Gasteiger charge is 2.06. The highest BCUT2D eigenvalue weighted by molar-refractivity contribution is 6.31. The largest absolute Gasteiger partial charge is 0.380 e. The minimum Gasteiger partial charge on any atom is -0.380 e. The van der Waals surface area contributed by atoms with Crippen molar-refractivity contribution in [1.82, 2.24) is 4.98 Å². The molecule has 1 heterocycles. The third-order valence-electron chi connectivity index (χ3n) is 2.54. The van der Waals surface area contributed by atoms with Gasteiger partial charge in [0.25, 0.3) is 5.91 Å². The molecule has 0 bridgehead atoms. The van der Waals surface area contributed by atoms with E-state index < -0.39 is 0 Å². The zero-order chi connectivity index (χ0) is 14.4. The summed E-state index contributed by atoms with van der Waals surface area (Å²) in [6.45, 7) is 4.29. The summed E-state index contributed by atoms with van der Waals surface area (Å²) in [5.41, 5.74) is 1.36. The van der Waals surface area contributed by atoms with Crippen LogP contribution in [0.25, 0.3) is 0 Å². The van der Waals surface area contributed by atoms with Gasteiger partial charge in [-0.3, -0.25) is 4.79 Å². The van der Waals surface area contributed by atoms with Gasteiger partial charge in [0.1, 0.15) is 5.82 Å². The lowest BCUT2D eigenvalue weighted by Gasteiger charge is -2.06. The minimum atomic E-state index is -0.244. The number of hydrogen-bond acceptors (Lipinski definition) is 3. The molecule has 0 spiro atoms. The molecule has 4 nitrogen and oxygen atoms in total. The molecule has 0 aliphatic heterocycles. The van der Waals surface area contributed by atoms with E-state index in [2.05, 4.69) is 22.2 Å². The van der Waals surface area contributed by atoms with E-state index in [0.29, 0.717) is 22.9 Å². The van der Waals surface area contributed by atoms with Crippen molar-refractivity contribution < 1.29 is 4.79 Å². The third-order valence-corrected chi connectivity index (χ3v) is 2.78. The van der Waals surface area contributed by atoms with Gasteiger partial charge in [-0.1, -0.05) is 23.7 Å². The Labute approximate surface area is 122 Å². The lowest BCUT2D eigenvalue weighted by Crippen LogP contribution is -2.12. The predicted molar refractivity (Wildman–Crippen MR) is 82.3 cm³/mol. The lowest BCUT2D eigenvalue weighted by molar-refractivity contribution is 0.102. The number of nitrogens with zero attached hydrogens (tertiary/aromatic N) is 1. The summed E-state index contributed by atoms with van der Waals surface area (Å²) >= 11 is 5.85. The SMILES string of the molecule is C=CCNc1ccc(NC(=O)c2cccc(Cl)c2)nc1. The molecule has 2 N–H and O–H groups in total. The highest BCUT2D eigenvalue weighted by atomic mass is 35.5. The van der Waals surface area contributed by atoms with Crippen molar-refractivity contribution in [1.29, 1.82) is 0 Å². The summed E-state index contributed by atoms with van der Waals surface area (Å²) in [5.74, 6) is 0.242. The van der Waals surface area contributed by atoms with Gasteiger partial charge in [-0.15, -0.1) is 6.58 Å². The molecule has 0 aliphatic carbocycles. The molecule has 2 rings (SSSR count). The molecule has 0 saturated carbocycles. The molecule has 5 heteroatoms. The standard InChI is InChI=1S/C15H14ClN3O/c1-2-8-17-13-6-7-14(18-10-13)19-15(20)11-4-3-5-12(16)9-11/h2-7,9-10,17H,1,8H2,(H,18,19,20). The van der Waals surface area contributed by atoms with Crippen LogP contribution in [0.2, 0.25) is 5.02 Å². The maximum atomic E-state index is 12.0. The number of nitrogens with one attached hydrogen (secondary N) is 2. The topological polar surface area (TPSA) is 54.0 Å². The Hall–Kier alpha value is -2.33. The quantitative estimate of drug-likeness (QED) is 0.826. The van der Waals surface area contributed by atoms with E-state index in [9.17, 15) is 4.79 Å². The maximum Gasteiger partial charge on any atom is 0.256 e. The molecule has 0 radical (unpaired) electrons. The van der Waals surface area contributed by atoms with Gasteiger partial charge in [0.05, 0.1) is 11.9 Å². The van der Waals surface area contributed by atoms with Crippen LogP contribution in [0.1, 0.15) is 10.4 Å². The predicted octanol–water partition coefficient (Wildman–Crippen LogP) is 3.59. The van der Waals surface area contributed by atoms with E-state index >= 15 is 0 Å². The second-order valence-electron chi connectivity index (χ2n) is 4.07. The summed E-state index contributed by atoms with van der Waals surface area (Å²) in [7, 11) is 0. The van der Waals surface area contributed by atoms with E-state index in [0.717, 1.165) is 5.69 Å². The number of carbonyl (C=O) groups is 1. The Balaban J connectivity index is 2.02. The van der Waals surface area contributed by atoms with E-state index in [1.165, 1.54) is 0 Å². The Kier molecular flexibility index (Phi) is 4.74. The molecule has 20 heavy (non-hydrogen) atoms. The smallest absolute Gasteiger partial charge is 0.256 e. The van der Waals surface area contributed by atoms with Crippen molar-refractivity contribution in [3.63, 3.8) is 0 Å². The lowest BCUT2D eigenvalue weighted by atomic mass is 10.2. The summed E-state index contributed by atoms with van der Waals surface area (Å²) in [6.07, 6.45) is 3.41. The van der Waals surface area contributed by atoms with Crippen LogP contribution in [0.4, 0.5) is 11.5 Å². The number of amides is 1. The van der Waals surface area contributed by atoms with Gasteiger partial charge in [0.15, 0.2) is 0 Å². The van der Waals surface area contributed by atoms with Gasteiger partial charge in [0.2, 0.25) is 0 Å².